The van der Waals surface area contributed by atoms with Gasteiger partial charge in [-0.05, 0) is 6.42 Å². The summed E-state index contributed by atoms with van der Waals surface area (Å²) in [6, 6.07) is 0. The second kappa shape index (κ2) is 7.19. The number of ether oxygens (including phenoxy) is 1. The van der Waals surface area contributed by atoms with Crippen LogP contribution in [0.15, 0.2) is 0 Å². The summed E-state index contributed by atoms with van der Waals surface area (Å²) in [5.74, 6) is -0.947. The largest absolute Gasteiger partial charge is 0.385 e. The Balaban J connectivity index is 2.21. The van der Waals surface area contributed by atoms with Crippen molar-refractivity contribution in [2.45, 2.75) is 6.42 Å². The highest BCUT2D eigenvalue weighted by Crippen LogP contribution is 1.93. The zero-order valence-electron chi connectivity index (χ0n) is 9.62. The van der Waals surface area contributed by atoms with Crippen molar-refractivity contribution in [2.75, 3.05) is 46.4 Å². The predicted molar refractivity (Wildman–Crippen MR) is 59.0 cm³/mol. The molecule has 1 aliphatic rings. The van der Waals surface area contributed by atoms with E-state index < -0.39 is 11.8 Å². The summed E-state index contributed by atoms with van der Waals surface area (Å²) in [5.41, 5.74) is 0. The van der Waals surface area contributed by atoms with Crippen LogP contribution in [0.3, 0.4) is 0 Å². The average molecular weight is 229 g/mol. The van der Waals surface area contributed by atoms with E-state index in [0.29, 0.717) is 26.2 Å². The van der Waals surface area contributed by atoms with Gasteiger partial charge < -0.3 is 20.3 Å². The Labute approximate surface area is 95.3 Å². The Hall–Kier alpha value is -1.14. The number of hydrogen-bond donors (Lipinski definition) is 2. The fourth-order valence-corrected chi connectivity index (χ4v) is 1.51. The number of nitrogens with one attached hydrogen (secondary N) is 2. The van der Waals surface area contributed by atoms with Crippen LogP contribution in [0.1, 0.15) is 6.42 Å². The smallest absolute Gasteiger partial charge is 0.311 e. The van der Waals surface area contributed by atoms with E-state index >= 15 is 0 Å². The van der Waals surface area contributed by atoms with Gasteiger partial charge in [-0.25, -0.2) is 0 Å². The molecule has 2 N–H and O–H groups in total. The molecule has 0 spiro atoms. The number of carbonyl (C=O) groups excluding carboxylic acids is 2. The first kappa shape index (κ1) is 12.9. The Bertz CT molecular complexity index is 239. The molecule has 0 bridgehead atoms. The number of nitrogens with zero attached hydrogens (tertiary/aromatic N) is 1. The normalized spacial score (nSPS) is 15.9. The molecule has 1 rings (SSSR count). The van der Waals surface area contributed by atoms with Crippen molar-refractivity contribution in [1.29, 1.82) is 0 Å². The number of amides is 2. The number of rotatable bonds is 4. The molecule has 1 saturated heterocycles. The monoisotopic (exact) mass is 229 g/mol. The highest BCUT2D eigenvalue weighted by atomic mass is 16.5. The van der Waals surface area contributed by atoms with E-state index in [9.17, 15) is 9.59 Å². The van der Waals surface area contributed by atoms with Gasteiger partial charge in [0.25, 0.3) is 0 Å². The minimum absolute atomic E-state index is 0.432. The molecule has 0 saturated carbocycles. The fourth-order valence-electron chi connectivity index (χ4n) is 1.51. The lowest BCUT2D eigenvalue weighted by molar-refractivity contribution is -0.146. The standard InChI is InChI=1S/C10H19N3O3/c1-16-8-2-3-12-9(14)10(15)13-6-4-11-5-7-13/h11H,2-8H2,1H3,(H,12,14). The van der Waals surface area contributed by atoms with Crippen LogP contribution >= 0.6 is 0 Å². The summed E-state index contributed by atoms with van der Waals surface area (Å²) in [6.07, 6.45) is 0.719. The van der Waals surface area contributed by atoms with Crippen molar-refractivity contribution in [3.05, 3.63) is 0 Å². The summed E-state index contributed by atoms with van der Waals surface area (Å²) in [5, 5.41) is 5.71. The lowest BCUT2D eigenvalue weighted by Crippen LogP contribution is -2.51. The summed E-state index contributed by atoms with van der Waals surface area (Å²) >= 11 is 0. The zero-order valence-corrected chi connectivity index (χ0v) is 9.62. The molecular weight excluding hydrogens is 210 g/mol. The first-order valence-electron chi connectivity index (χ1n) is 5.52. The van der Waals surface area contributed by atoms with Crippen molar-refractivity contribution in [2.24, 2.45) is 0 Å². The molecule has 1 aliphatic heterocycles. The van der Waals surface area contributed by atoms with E-state index in [0.717, 1.165) is 19.5 Å². The number of hydrogen-bond acceptors (Lipinski definition) is 4. The Kier molecular flexibility index (Phi) is 5.81. The SMILES string of the molecule is COCCCNC(=O)C(=O)N1CCNCC1. The molecule has 2 amide bonds. The van der Waals surface area contributed by atoms with Crippen LogP contribution in [0.4, 0.5) is 0 Å². The van der Waals surface area contributed by atoms with Gasteiger partial charge in [0.2, 0.25) is 0 Å². The van der Waals surface area contributed by atoms with Crippen molar-refractivity contribution in [1.82, 2.24) is 15.5 Å². The van der Waals surface area contributed by atoms with E-state index in [1.807, 2.05) is 0 Å². The molecule has 0 unspecified atom stereocenters. The average Bonchev–Trinajstić information content (AvgIpc) is 2.34. The molecule has 0 radical (unpaired) electrons. The van der Waals surface area contributed by atoms with Gasteiger partial charge in [-0.15, -0.1) is 0 Å². The van der Waals surface area contributed by atoms with Crippen molar-refractivity contribution >= 4 is 11.8 Å². The molecule has 1 fully saturated rings. The Morgan fingerprint density at radius 2 is 2.06 bits per heavy atom. The molecule has 6 nitrogen and oxygen atoms in total. The van der Waals surface area contributed by atoms with Crippen LogP contribution in [0.2, 0.25) is 0 Å². The van der Waals surface area contributed by atoms with E-state index in [2.05, 4.69) is 10.6 Å². The fraction of sp³-hybridized carbons (Fsp3) is 0.800. The van der Waals surface area contributed by atoms with Gasteiger partial charge >= 0.3 is 11.8 Å². The van der Waals surface area contributed by atoms with E-state index in [-0.39, 0.29) is 0 Å². The van der Waals surface area contributed by atoms with E-state index in [1.54, 1.807) is 12.0 Å². The Morgan fingerprint density at radius 3 is 2.69 bits per heavy atom. The van der Waals surface area contributed by atoms with E-state index in [1.165, 1.54) is 0 Å². The van der Waals surface area contributed by atoms with Crippen molar-refractivity contribution < 1.29 is 14.3 Å². The van der Waals surface area contributed by atoms with Gasteiger partial charge in [0.15, 0.2) is 0 Å². The lowest BCUT2D eigenvalue weighted by Gasteiger charge is -2.26. The topological polar surface area (TPSA) is 70.7 Å². The summed E-state index contributed by atoms with van der Waals surface area (Å²) < 4.78 is 4.85. The van der Waals surface area contributed by atoms with Crippen molar-refractivity contribution in [3.8, 4) is 0 Å². The van der Waals surface area contributed by atoms with Gasteiger partial charge in [-0.2, -0.15) is 0 Å². The van der Waals surface area contributed by atoms with Gasteiger partial charge in [0.1, 0.15) is 0 Å². The quantitative estimate of drug-likeness (QED) is 0.458. The molecular formula is C10H19N3O3. The predicted octanol–water partition coefficient (Wildman–Crippen LogP) is -1.43. The molecule has 0 aromatic rings. The summed E-state index contributed by atoms with van der Waals surface area (Å²) in [7, 11) is 1.60. The highest BCUT2D eigenvalue weighted by Gasteiger charge is 2.22. The number of methoxy groups -OCH3 is 1. The van der Waals surface area contributed by atoms with E-state index in [4.69, 9.17) is 4.74 Å². The van der Waals surface area contributed by atoms with Crippen LogP contribution in [-0.4, -0.2) is 63.2 Å². The number of carbonyl (C=O) groups is 2. The molecule has 0 aromatic heterocycles. The minimum atomic E-state index is -0.516. The van der Waals surface area contributed by atoms with Gasteiger partial charge in [-0.3, -0.25) is 9.59 Å². The first-order valence-corrected chi connectivity index (χ1v) is 5.52. The Morgan fingerprint density at radius 1 is 1.38 bits per heavy atom. The molecule has 0 atom stereocenters. The third-order valence-corrected chi connectivity index (χ3v) is 2.41. The first-order chi connectivity index (χ1) is 7.75. The van der Waals surface area contributed by atoms with Crippen LogP contribution in [0.25, 0.3) is 0 Å². The van der Waals surface area contributed by atoms with Crippen LogP contribution < -0.4 is 10.6 Å². The lowest BCUT2D eigenvalue weighted by atomic mass is 10.3. The highest BCUT2D eigenvalue weighted by molar-refractivity contribution is 6.35. The maximum atomic E-state index is 11.6. The summed E-state index contributed by atoms with van der Waals surface area (Å²) in [4.78, 5) is 24.6. The molecule has 1 heterocycles. The maximum Gasteiger partial charge on any atom is 0.311 e. The zero-order chi connectivity index (χ0) is 11.8. The molecule has 16 heavy (non-hydrogen) atoms. The molecule has 0 aromatic carbocycles. The third-order valence-electron chi connectivity index (χ3n) is 2.41. The minimum Gasteiger partial charge on any atom is -0.385 e. The van der Waals surface area contributed by atoms with Gasteiger partial charge in [-0.1, -0.05) is 0 Å². The van der Waals surface area contributed by atoms with Crippen LogP contribution in [0, 0.1) is 0 Å². The molecule has 92 valence electrons. The third kappa shape index (κ3) is 4.16. The molecule has 6 heteroatoms. The summed E-state index contributed by atoms with van der Waals surface area (Å²) in [6.45, 7) is 3.77. The van der Waals surface area contributed by atoms with Crippen LogP contribution in [0.5, 0.6) is 0 Å². The van der Waals surface area contributed by atoms with Gasteiger partial charge in [0, 0.05) is 46.4 Å². The van der Waals surface area contributed by atoms with Gasteiger partial charge in [0.05, 0.1) is 0 Å². The van der Waals surface area contributed by atoms with Crippen molar-refractivity contribution in [3.63, 3.8) is 0 Å². The molecule has 0 aliphatic carbocycles. The maximum absolute atomic E-state index is 11.6. The second-order valence-electron chi connectivity index (χ2n) is 3.64. The number of piperazine rings is 1. The van der Waals surface area contributed by atoms with Crippen LogP contribution in [-0.2, 0) is 14.3 Å². The second-order valence-corrected chi connectivity index (χ2v) is 3.64.